The van der Waals surface area contributed by atoms with E-state index in [-0.39, 0.29) is 12.1 Å². The summed E-state index contributed by atoms with van der Waals surface area (Å²) in [7, 11) is 2.93. The quantitative estimate of drug-likeness (QED) is 0.738. The maximum atomic E-state index is 12.1. The zero-order chi connectivity index (χ0) is 19.0. The predicted octanol–water partition coefficient (Wildman–Crippen LogP) is 1.32. The molecule has 0 fully saturated rings. The molecule has 0 bridgehead atoms. The van der Waals surface area contributed by atoms with Crippen LogP contribution in [-0.2, 0) is 19.1 Å². The fraction of sp³-hybridized carbons (Fsp3) is 0.471. The lowest BCUT2D eigenvalue weighted by Crippen LogP contribution is -2.33. The summed E-state index contributed by atoms with van der Waals surface area (Å²) >= 11 is 0. The molecule has 8 nitrogen and oxygen atoms in total. The number of carbonyl (C=O) groups excluding carboxylic acids is 3. The van der Waals surface area contributed by atoms with Crippen molar-refractivity contribution >= 4 is 17.8 Å². The molecule has 1 aromatic rings. The zero-order valence-corrected chi connectivity index (χ0v) is 15.0. The van der Waals surface area contributed by atoms with Crippen molar-refractivity contribution in [3.63, 3.8) is 0 Å². The monoisotopic (exact) mass is 353 g/mol. The number of hydrogen-bond donors (Lipinski definition) is 1. The molecule has 1 aromatic carbocycles. The molecule has 25 heavy (non-hydrogen) atoms. The van der Waals surface area contributed by atoms with Crippen molar-refractivity contribution in [1.29, 1.82) is 0 Å². The second kappa shape index (κ2) is 8.91. The van der Waals surface area contributed by atoms with Gasteiger partial charge in [-0.3, -0.25) is 9.59 Å². The standard InChI is InChI=1S/C17H23NO7/c1-17(2,3)25-15(20)10-24-14(19)9-18-16(21)11-6-12(22-4)8-13(7-11)23-5/h6-8H,9-10H2,1-5H3,(H,18,21). The topological polar surface area (TPSA) is 100 Å². The van der Waals surface area contributed by atoms with Gasteiger partial charge in [0.1, 0.15) is 23.6 Å². The van der Waals surface area contributed by atoms with Crippen molar-refractivity contribution in [2.75, 3.05) is 27.4 Å². The average molecular weight is 353 g/mol. The molecule has 0 aliphatic heterocycles. The number of hydrogen-bond acceptors (Lipinski definition) is 7. The zero-order valence-electron chi connectivity index (χ0n) is 15.0. The summed E-state index contributed by atoms with van der Waals surface area (Å²) in [5.41, 5.74) is -0.403. The van der Waals surface area contributed by atoms with Gasteiger partial charge in [-0.15, -0.1) is 0 Å². The van der Waals surface area contributed by atoms with Gasteiger partial charge < -0.3 is 24.3 Å². The van der Waals surface area contributed by atoms with Crippen LogP contribution in [0.1, 0.15) is 31.1 Å². The van der Waals surface area contributed by atoms with E-state index >= 15 is 0 Å². The summed E-state index contributed by atoms with van der Waals surface area (Å²) in [6.45, 7) is 4.21. The molecule has 0 atom stereocenters. The van der Waals surface area contributed by atoms with Gasteiger partial charge in [-0.05, 0) is 32.9 Å². The number of rotatable bonds is 7. The van der Waals surface area contributed by atoms with Crippen LogP contribution in [-0.4, -0.2) is 50.8 Å². The number of esters is 2. The second-order valence-electron chi connectivity index (χ2n) is 6.03. The highest BCUT2D eigenvalue weighted by Crippen LogP contribution is 2.22. The third-order valence-corrected chi connectivity index (χ3v) is 2.78. The molecule has 0 unspecified atom stereocenters. The molecule has 1 amide bonds. The maximum absolute atomic E-state index is 12.1. The van der Waals surface area contributed by atoms with Crippen LogP contribution in [0.25, 0.3) is 0 Å². The van der Waals surface area contributed by atoms with Gasteiger partial charge in [-0.25, -0.2) is 4.79 Å². The number of ether oxygens (including phenoxy) is 4. The Hall–Kier alpha value is -2.77. The van der Waals surface area contributed by atoms with E-state index in [1.807, 2.05) is 0 Å². The van der Waals surface area contributed by atoms with Crippen LogP contribution >= 0.6 is 0 Å². The molecular formula is C17H23NO7. The van der Waals surface area contributed by atoms with Gasteiger partial charge in [0, 0.05) is 11.6 Å². The molecule has 138 valence electrons. The second-order valence-corrected chi connectivity index (χ2v) is 6.03. The highest BCUT2D eigenvalue weighted by atomic mass is 16.6. The minimum absolute atomic E-state index is 0.260. The Balaban J connectivity index is 2.51. The first-order chi connectivity index (χ1) is 11.6. The third-order valence-electron chi connectivity index (χ3n) is 2.78. The van der Waals surface area contributed by atoms with E-state index in [4.69, 9.17) is 18.9 Å². The Morgan fingerprint density at radius 3 is 2.00 bits per heavy atom. The van der Waals surface area contributed by atoms with Gasteiger partial charge >= 0.3 is 11.9 Å². The van der Waals surface area contributed by atoms with Crippen LogP contribution in [0.5, 0.6) is 11.5 Å². The molecule has 0 aliphatic carbocycles. The molecule has 0 aromatic heterocycles. The molecule has 1 N–H and O–H groups in total. The lowest BCUT2D eigenvalue weighted by atomic mass is 10.2. The molecule has 1 rings (SSSR count). The van der Waals surface area contributed by atoms with E-state index in [1.165, 1.54) is 26.4 Å². The normalized spacial score (nSPS) is 10.6. The maximum Gasteiger partial charge on any atom is 0.344 e. The van der Waals surface area contributed by atoms with Gasteiger partial charge in [0.15, 0.2) is 6.61 Å². The Morgan fingerprint density at radius 1 is 0.960 bits per heavy atom. The van der Waals surface area contributed by atoms with Crippen molar-refractivity contribution in [2.45, 2.75) is 26.4 Å². The highest BCUT2D eigenvalue weighted by molar-refractivity contribution is 5.96. The Morgan fingerprint density at radius 2 is 1.52 bits per heavy atom. The smallest absolute Gasteiger partial charge is 0.344 e. The lowest BCUT2D eigenvalue weighted by Gasteiger charge is -2.19. The number of carbonyl (C=O) groups is 3. The average Bonchev–Trinajstić information content (AvgIpc) is 2.55. The van der Waals surface area contributed by atoms with Gasteiger partial charge in [0.05, 0.1) is 14.2 Å². The summed E-state index contributed by atoms with van der Waals surface area (Å²) in [4.78, 5) is 35.1. The highest BCUT2D eigenvalue weighted by Gasteiger charge is 2.18. The first kappa shape index (κ1) is 20.3. The van der Waals surface area contributed by atoms with E-state index < -0.39 is 30.1 Å². The van der Waals surface area contributed by atoms with Crippen molar-refractivity contribution in [3.05, 3.63) is 23.8 Å². The van der Waals surface area contributed by atoms with Crippen LogP contribution in [0, 0.1) is 0 Å². The number of amides is 1. The first-order valence-corrected chi connectivity index (χ1v) is 7.53. The van der Waals surface area contributed by atoms with Crippen LogP contribution < -0.4 is 14.8 Å². The largest absolute Gasteiger partial charge is 0.497 e. The summed E-state index contributed by atoms with van der Waals surface area (Å²) < 4.78 is 19.9. The van der Waals surface area contributed by atoms with Crippen LogP contribution in [0.3, 0.4) is 0 Å². The fourth-order valence-corrected chi connectivity index (χ4v) is 1.75. The molecule has 0 heterocycles. The SMILES string of the molecule is COc1cc(OC)cc(C(=O)NCC(=O)OCC(=O)OC(C)(C)C)c1. The summed E-state index contributed by atoms with van der Waals surface area (Å²) in [5, 5.41) is 2.40. The summed E-state index contributed by atoms with van der Waals surface area (Å²) in [6, 6.07) is 4.62. The molecule has 8 heteroatoms. The lowest BCUT2D eigenvalue weighted by molar-refractivity contribution is -0.166. The molecule has 0 aliphatic rings. The van der Waals surface area contributed by atoms with E-state index in [0.29, 0.717) is 11.5 Å². The van der Waals surface area contributed by atoms with E-state index in [0.717, 1.165) is 0 Å². The minimum atomic E-state index is -0.755. The van der Waals surface area contributed by atoms with Gasteiger partial charge in [0.25, 0.3) is 5.91 Å². The Bertz CT molecular complexity index is 612. The van der Waals surface area contributed by atoms with Crippen molar-refractivity contribution in [1.82, 2.24) is 5.32 Å². The summed E-state index contributed by atoms with van der Waals surface area (Å²) in [6.07, 6.45) is 0. The van der Waals surface area contributed by atoms with E-state index in [2.05, 4.69) is 5.32 Å². The van der Waals surface area contributed by atoms with Crippen molar-refractivity contribution in [2.24, 2.45) is 0 Å². The predicted molar refractivity (Wildman–Crippen MR) is 88.7 cm³/mol. The molecule has 0 spiro atoms. The summed E-state index contributed by atoms with van der Waals surface area (Å²) in [5.74, 6) is -1.04. The third kappa shape index (κ3) is 7.56. The van der Waals surface area contributed by atoms with Crippen LogP contribution in [0.4, 0.5) is 0 Å². The molecular weight excluding hydrogens is 330 g/mol. The fourth-order valence-electron chi connectivity index (χ4n) is 1.75. The number of benzene rings is 1. The number of nitrogens with one attached hydrogen (secondary N) is 1. The van der Waals surface area contributed by atoms with Crippen molar-refractivity contribution in [3.8, 4) is 11.5 Å². The molecule has 0 saturated heterocycles. The van der Waals surface area contributed by atoms with Gasteiger partial charge in [-0.1, -0.05) is 0 Å². The Kier molecular flexibility index (Phi) is 7.22. The van der Waals surface area contributed by atoms with E-state index in [1.54, 1.807) is 26.8 Å². The van der Waals surface area contributed by atoms with Gasteiger partial charge in [0.2, 0.25) is 0 Å². The minimum Gasteiger partial charge on any atom is -0.497 e. The van der Waals surface area contributed by atoms with Gasteiger partial charge in [-0.2, -0.15) is 0 Å². The first-order valence-electron chi connectivity index (χ1n) is 7.53. The molecule has 0 radical (unpaired) electrons. The van der Waals surface area contributed by atoms with E-state index in [9.17, 15) is 14.4 Å². The molecule has 0 saturated carbocycles. The van der Waals surface area contributed by atoms with Crippen molar-refractivity contribution < 1.29 is 33.3 Å². The number of methoxy groups -OCH3 is 2. The van der Waals surface area contributed by atoms with Crippen LogP contribution in [0.15, 0.2) is 18.2 Å². The van der Waals surface area contributed by atoms with Crippen LogP contribution in [0.2, 0.25) is 0 Å². The Labute approximate surface area is 146 Å².